The van der Waals surface area contributed by atoms with Crippen molar-refractivity contribution in [1.82, 2.24) is 24.9 Å². The molecule has 8 heteroatoms. The Morgan fingerprint density at radius 3 is 2.92 bits per heavy atom. The van der Waals surface area contributed by atoms with E-state index in [9.17, 15) is 5.11 Å². The number of nitrogens with one attached hydrogen (secondary N) is 1. The lowest BCUT2D eigenvalue weighted by molar-refractivity contribution is -0.0379. The first-order valence-corrected chi connectivity index (χ1v) is 9.88. The Balaban J connectivity index is 1.80. The van der Waals surface area contributed by atoms with Crippen molar-refractivity contribution >= 4 is 27.2 Å². The third-order valence-electron chi connectivity index (χ3n) is 4.98. The van der Waals surface area contributed by atoms with Gasteiger partial charge in [-0.3, -0.25) is 0 Å². The summed E-state index contributed by atoms with van der Waals surface area (Å²) in [5.74, 6) is 1.56. The van der Waals surface area contributed by atoms with Crippen molar-refractivity contribution in [2.75, 3.05) is 6.61 Å². The first-order chi connectivity index (χ1) is 12.4. The molecule has 1 aliphatic rings. The number of hydrogen-bond acceptors (Lipinski definition) is 7. The lowest BCUT2D eigenvalue weighted by Gasteiger charge is -2.30. The fourth-order valence-corrected chi connectivity index (χ4v) is 4.58. The van der Waals surface area contributed by atoms with E-state index in [2.05, 4.69) is 24.3 Å². The minimum atomic E-state index is -0.178. The molecule has 0 aromatic carbocycles. The predicted molar refractivity (Wildman–Crippen MR) is 101 cm³/mol. The molecule has 140 valence electrons. The zero-order valence-corrected chi connectivity index (χ0v) is 16.5. The SMILES string of the molecule is CC[C@H](CO)NCc1nc2c3c4c(sc3nc(C)n2n1)COC(C)(C)C4. The van der Waals surface area contributed by atoms with Crippen molar-refractivity contribution in [3.8, 4) is 0 Å². The number of aliphatic hydroxyl groups is 1. The summed E-state index contributed by atoms with van der Waals surface area (Å²) in [5, 5.41) is 18.4. The van der Waals surface area contributed by atoms with Gasteiger partial charge in [-0.25, -0.2) is 9.97 Å². The Kier molecular flexibility index (Phi) is 4.46. The van der Waals surface area contributed by atoms with Crippen LogP contribution in [0.5, 0.6) is 0 Å². The molecule has 3 aromatic rings. The van der Waals surface area contributed by atoms with Gasteiger partial charge in [-0.15, -0.1) is 16.4 Å². The molecule has 0 bridgehead atoms. The van der Waals surface area contributed by atoms with Crippen LogP contribution in [0.25, 0.3) is 15.9 Å². The number of aryl methyl sites for hydroxylation is 1. The summed E-state index contributed by atoms with van der Waals surface area (Å²) in [7, 11) is 0. The lowest BCUT2D eigenvalue weighted by Crippen LogP contribution is -2.31. The van der Waals surface area contributed by atoms with Gasteiger partial charge in [-0.05, 0) is 32.8 Å². The largest absolute Gasteiger partial charge is 0.395 e. The Morgan fingerprint density at radius 1 is 1.38 bits per heavy atom. The summed E-state index contributed by atoms with van der Waals surface area (Å²) >= 11 is 1.70. The number of rotatable bonds is 5. The van der Waals surface area contributed by atoms with Gasteiger partial charge < -0.3 is 15.2 Å². The van der Waals surface area contributed by atoms with Crippen LogP contribution in [0.15, 0.2) is 0 Å². The van der Waals surface area contributed by atoms with Gasteiger partial charge in [0, 0.05) is 17.3 Å². The Morgan fingerprint density at radius 2 is 2.19 bits per heavy atom. The van der Waals surface area contributed by atoms with Crippen molar-refractivity contribution in [1.29, 1.82) is 0 Å². The van der Waals surface area contributed by atoms with Gasteiger partial charge >= 0.3 is 0 Å². The second-order valence-electron chi connectivity index (χ2n) is 7.50. The number of aliphatic hydroxyl groups excluding tert-OH is 1. The molecule has 1 aliphatic heterocycles. The molecule has 7 nitrogen and oxygen atoms in total. The topological polar surface area (TPSA) is 84.6 Å². The molecule has 3 aromatic heterocycles. The second kappa shape index (κ2) is 6.53. The van der Waals surface area contributed by atoms with Gasteiger partial charge in [-0.2, -0.15) is 4.52 Å². The van der Waals surface area contributed by atoms with Crippen LogP contribution in [0.2, 0.25) is 0 Å². The molecule has 1 atom stereocenters. The van der Waals surface area contributed by atoms with Gasteiger partial charge in [0.2, 0.25) is 0 Å². The molecular formula is C18H25N5O2S. The van der Waals surface area contributed by atoms with Crippen molar-refractivity contribution in [3.05, 3.63) is 22.1 Å². The Hall–Kier alpha value is -1.61. The third kappa shape index (κ3) is 3.00. The summed E-state index contributed by atoms with van der Waals surface area (Å²) in [6, 6.07) is 0.0627. The van der Waals surface area contributed by atoms with Crippen LogP contribution in [0.1, 0.15) is 49.3 Å². The van der Waals surface area contributed by atoms with E-state index in [1.165, 1.54) is 10.4 Å². The zero-order valence-electron chi connectivity index (χ0n) is 15.7. The minimum Gasteiger partial charge on any atom is -0.395 e. The van der Waals surface area contributed by atoms with Crippen LogP contribution in [-0.4, -0.2) is 42.9 Å². The average Bonchev–Trinajstić information content (AvgIpc) is 3.16. The number of thiophene rings is 1. The number of aromatic nitrogens is 4. The van der Waals surface area contributed by atoms with Crippen LogP contribution in [-0.2, 0) is 24.3 Å². The van der Waals surface area contributed by atoms with Gasteiger partial charge in [0.25, 0.3) is 0 Å². The van der Waals surface area contributed by atoms with E-state index < -0.39 is 0 Å². The molecule has 0 saturated heterocycles. The molecule has 0 spiro atoms. The molecule has 26 heavy (non-hydrogen) atoms. The summed E-state index contributed by atoms with van der Waals surface area (Å²) < 4.78 is 7.81. The monoisotopic (exact) mass is 375 g/mol. The van der Waals surface area contributed by atoms with E-state index in [0.717, 1.165) is 40.4 Å². The van der Waals surface area contributed by atoms with Gasteiger partial charge in [0.15, 0.2) is 11.5 Å². The normalized spacial score (nSPS) is 17.7. The molecule has 0 radical (unpaired) electrons. The molecule has 0 aliphatic carbocycles. The predicted octanol–water partition coefficient (Wildman–Crippen LogP) is 2.36. The zero-order chi connectivity index (χ0) is 18.5. The minimum absolute atomic E-state index is 0.0627. The molecule has 2 N–H and O–H groups in total. The first-order valence-electron chi connectivity index (χ1n) is 9.06. The van der Waals surface area contributed by atoms with E-state index >= 15 is 0 Å². The lowest BCUT2D eigenvalue weighted by atomic mass is 9.94. The van der Waals surface area contributed by atoms with E-state index in [1.807, 2.05) is 18.4 Å². The standard InChI is InChI=1S/C18H25N5O2S/c1-5-11(8-24)19-7-14-21-16-15-12-6-18(3,4)25-9-13(12)26-17(15)20-10(2)23(16)22-14/h11,19,24H,5-9H2,1-4H3/t11-/m1/s1. The molecule has 4 rings (SSSR count). The number of fused-ring (bicyclic) bond motifs is 5. The molecule has 0 amide bonds. The van der Waals surface area contributed by atoms with Crippen LogP contribution in [0, 0.1) is 6.92 Å². The molecule has 4 heterocycles. The van der Waals surface area contributed by atoms with Crippen LogP contribution >= 0.6 is 11.3 Å². The maximum Gasteiger partial charge on any atom is 0.168 e. The number of nitrogens with zero attached hydrogens (tertiary/aromatic N) is 4. The fourth-order valence-electron chi connectivity index (χ4n) is 3.43. The summed E-state index contributed by atoms with van der Waals surface area (Å²) in [5.41, 5.74) is 1.99. The summed E-state index contributed by atoms with van der Waals surface area (Å²) in [6.45, 7) is 9.52. The first kappa shape index (κ1) is 17.8. The van der Waals surface area contributed by atoms with Crippen LogP contribution < -0.4 is 5.32 Å². The van der Waals surface area contributed by atoms with Gasteiger partial charge in [0.05, 0.1) is 30.7 Å². The summed E-state index contributed by atoms with van der Waals surface area (Å²) in [6.07, 6.45) is 1.72. The highest BCUT2D eigenvalue weighted by molar-refractivity contribution is 7.19. The maximum absolute atomic E-state index is 9.35. The quantitative estimate of drug-likeness (QED) is 0.712. The summed E-state index contributed by atoms with van der Waals surface area (Å²) in [4.78, 5) is 11.8. The van der Waals surface area contributed by atoms with Crippen molar-refractivity contribution in [2.24, 2.45) is 0 Å². The van der Waals surface area contributed by atoms with Crippen molar-refractivity contribution in [3.63, 3.8) is 0 Å². The molecular weight excluding hydrogens is 350 g/mol. The Labute approximate surface area is 156 Å². The molecule has 0 saturated carbocycles. The van der Waals surface area contributed by atoms with Crippen molar-refractivity contribution in [2.45, 2.75) is 65.3 Å². The number of ether oxygens (including phenoxy) is 1. The number of hydrogen-bond donors (Lipinski definition) is 2. The smallest absolute Gasteiger partial charge is 0.168 e. The van der Waals surface area contributed by atoms with E-state index in [4.69, 9.17) is 14.7 Å². The molecule has 0 unspecified atom stereocenters. The van der Waals surface area contributed by atoms with Crippen LogP contribution in [0.4, 0.5) is 0 Å². The van der Waals surface area contributed by atoms with Crippen molar-refractivity contribution < 1.29 is 9.84 Å². The van der Waals surface area contributed by atoms with Crippen LogP contribution in [0.3, 0.4) is 0 Å². The average molecular weight is 375 g/mol. The highest BCUT2D eigenvalue weighted by Gasteiger charge is 2.31. The molecule has 0 fully saturated rings. The maximum atomic E-state index is 9.35. The van der Waals surface area contributed by atoms with E-state index in [1.54, 1.807) is 11.3 Å². The van der Waals surface area contributed by atoms with Gasteiger partial charge in [0.1, 0.15) is 10.7 Å². The highest BCUT2D eigenvalue weighted by atomic mass is 32.1. The van der Waals surface area contributed by atoms with E-state index in [0.29, 0.717) is 13.2 Å². The van der Waals surface area contributed by atoms with Gasteiger partial charge in [-0.1, -0.05) is 6.92 Å². The third-order valence-corrected chi connectivity index (χ3v) is 6.07. The van der Waals surface area contributed by atoms with E-state index in [-0.39, 0.29) is 18.2 Å². The second-order valence-corrected chi connectivity index (χ2v) is 8.58. The fraction of sp³-hybridized carbons (Fsp3) is 0.611. The highest BCUT2D eigenvalue weighted by Crippen LogP contribution is 2.39. The Bertz CT molecular complexity index is 958.